The molecule has 0 radical (unpaired) electrons. The Balaban J connectivity index is 1.91. The third kappa shape index (κ3) is 5.76. The molecular weight excluding hydrogens is 433 g/mol. The average molecular weight is 456 g/mol. The lowest BCUT2D eigenvalue weighted by molar-refractivity contribution is -0.137. The van der Waals surface area contributed by atoms with E-state index in [1.54, 1.807) is 19.1 Å². The van der Waals surface area contributed by atoms with E-state index in [4.69, 9.17) is 4.74 Å². The summed E-state index contributed by atoms with van der Waals surface area (Å²) in [4.78, 5) is 12.4. The zero-order chi connectivity index (χ0) is 22.6. The number of alkyl halides is 3. The number of nitrogens with one attached hydrogen (secondary N) is 1. The number of carbonyl (C=O) groups excluding carboxylic acids is 1. The summed E-state index contributed by atoms with van der Waals surface area (Å²) in [6, 6.07) is 9.78. The molecule has 1 atom stereocenters. The van der Waals surface area contributed by atoms with Gasteiger partial charge in [0.15, 0.2) is 0 Å². The molecule has 10 heteroatoms. The van der Waals surface area contributed by atoms with Crippen LogP contribution < -0.4 is 9.62 Å². The van der Waals surface area contributed by atoms with Crippen LogP contribution in [0.4, 0.5) is 18.9 Å². The van der Waals surface area contributed by atoms with Crippen molar-refractivity contribution in [3.05, 3.63) is 59.7 Å². The molecule has 1 fully saturated rings. The molecule has 1 N–H and O–H groups in total. The summed E-state index contributed by atoms with van der Waals surface area (Å²) in [6.45, 7) is 1.92. The van der Waals surface area contributed by atoms with Gasteiger partial charge in [0.2, 0.25) is 5.91 Å². The number of sulfonamides is 1. The largest absolute Gasteiger partial charge is 0.416 e. The molecule has 6 nitrogen and oxygen atoms in total. The van der Waals surface area contributed by atoms with Crippen LogP contribution in [0.1, 0.15) is 24.0 Å². The van der Waals surface area contributed by atoms with Gasteiger partial charge in [-0.1, -0.05) is 23.8 Å². The molecule has 168 valence electrons. The smallest absolute Gasteiger partial charge is 0.376 e. The number of nitrogens with zero attached hydrogens (tertiary/aromatic N) is 1. The normalized spacial score (nSPS) is 16.8. The minimum atomic E-state index is -4.66. The van der Waals surface area contributed by atoms with E-state index in [9.17, 15) is 26.4 Å². The molecule has 0 spiro atoms. The molecular formula is C21H23F3N2O4S. The first-order valence-electron chi connectivity index (χ1n) is 9.72. The van der Waals surface area contributed by atoms with E-state index < -0.39 is 34.2 Å². The first-order chi connectivity index (χ1) is 14.6. The minimum Gasteiger partial charge on any atom is -0.376 e. The van der Waals surface area contributed by atoms with Crippen molar-refractivity contribution in [2.45, 2.75) is 36.9 Å². The third-order valence-corrected chi connectivity index (χ3v) is 6.70. The van der Waals surface area contributed by atoms with E-state index in [2.05, 4.69) is 5.32 Å². The predicted octanol–water partition coefficient (Wildman–Crippen LogP) is 3.50. The van der Waals surface area contributed by atoms with Gasteiger partial charge in [0.05, 0.1) is 22.3 Å². The van der Waals surface area contributed by atoms with Gasteiger partial charge in [0.25, 0.3) is 10.0 Å². The zero-order valence-corrected chi connectivity index (χ0v) is 17.7. The molecule has 2 aromatic carbocycles. The molecule has 0 bridgehead atoms. The van der Waals surface area contributed by atoms with Crippen molar-refractivity contribution in [2.24, 2.45) is 0 Å². The number of aryl methyl sites for hydroxylation is 1. The summed E-state index contributed by atoms with van der Waals surface area (Å²) >= 11 is 0. The Kier molecular flexibility index (Phi) is 6.90. The Bertz CT molecular complexity index is 1020. The van der Waals surface area contributed by atoms with Crippen LogP contribution in [0.2, 0.25) is 0 Å². The van der Waals surface area contributed by atoms with Gasteiger partial charge in [-0.25, -0.2) is 8.42 Å². The third-order valence-electron chi connectivity index (χ3n) is 4.91. The van der Waals surface area contributed by atoms with Crippen LogP contribution in [0.5, 0.6) is 0 Å². The van der Waals surface area contributed by atoms with Crippen molar-refractivity contribution in [1.82, 2.24) is 5.32 Å². The number of hydrogen-bond acceptors (Lipinski definition) is 4. The summed E-state index contributed by atoms with van der Waals surface area (Å²) in [5.74, 6) is -0.636. The predicted molar refractivity (Wildman–Crippen MR) is 109 cm³/mol. The summed E-state index contributed by atoms with van der Waals surface area (Å²) in [7, 11) is -4.29. The summed E-state index contributed by atoms with van der Waals surface area (Å²) in [5.41, 5.74) is -0.435. The number of hydrogen-bond donors (Lipinski definition) is 1. The van der Waals surface area contributed by atoms with E-state index >= 15 is 0 Å². The van der Waals surface area contributed by atoms with E-state index in [-0.39, 0.29) is 23.2 Å². The highest BCUT2D eigenvalue weighted by atomic mass is 32.2. The molecule has 1 amide bonds. The van der Waals surface area contributed by atoms with Gasteiger partial charge in [0, 0.05) is 13.2 Å². The van der Waals surface area contributed by atoms with Gasteiger partial charge in [-0.2, -0.15) is 13.2 Å². The highest BCUT2D eigenvalue weighted by Gasteiger charge is 2.33. The molecule has 31 heavy (non-hydrogen) atoms. The molecule has 3 rings (SSSR count). The van der Waals surface area contributed by atoms with Gasteiger partial charge in [0.1, 0.15) is 6.54 Å². The molecule has 1 aliphatic rings. The van der Waals surface area contributed by atoms with E-state index in [0.717, 1.165) is 36.6 Å². The fourth-order valence-corrected chi connectivity index (χ4v) is 4.62. The minimum absolute atomic E-state index is 0.123. The Morgan fingerprint density at radius 1 is 1.19 bits per heavy atom. The van der Waals surface area contributed by atoms with Gasteiger partial charge in [-0.05, 0) is 50.1 Å². The number of anilines is 1. The van der Waals surface area contributed by atoms with E-state index in [1.807, 2.05) is 0 Å². The van der Waals surface area contributed by atoms with Crippen LogP contribution in [-0.2, 0) is 25.7 Å². The first-order valence-corrected chi connectivity index (χ1v) is 11.2. The fraction of sp³-hybridized carbons (Fsp3) is 0.381. The Labute approximate surface area is 179 Å². The zero-order valence-electron chi connectivity index (χ0n) is 16.9. The van der Waals surface area contributed by atoms with Gasteiger partial charge in [-0.3, -0.25) is 9.10 Å². The lowest BCUT2D eigenvalue weighted by Crippen LogP contribution is -2.43. The van der Waals surface area contributed by atoms with E-state index in [1.165, 1.54) is 18.2 Å². The molecule has 1 saturated heterocycles. The van der Waals surface area contributed by atoms with Crippen molar-refractivity contribution >= 4 is 21.6 Å². The quantitative estimate of drug-likeness (QED) is 0.692. The maximum Gasteiger partial charge on any atom is 0.416 e. The number of benzene rings is 2. The summed E-state index contributed by atoms with van der Waals surface area (Å²) in [5, 5.41) is 2.61. The van der Waals surface area contributed by atoms with Crippen LogP contribution in [0.15, 0.2) is 53.4 Å². The molecule has 0 aromatic heterocycles. The summed E-state index contributed by atoms with van der Waals surface area (Å²) in [6.07, 6.45) is -3.16. The van der Waals surface area contributed by atoms with Crippen LogP contribution >= 0.6 is 0 Å². The number of halogens is 3. The SMILES string of the molecule is Cc1ccc(S(=O)(=O)N(CC(=O)NCC2CCCO2)c2cccc(C(F)(F)F)c2)cc1. The Morgan fingerprint density at radius 3 is 2.52 bits per heavy atom. The first kappa shape index (κ1) is 23.1. The lowest BCUT2D eigenvalue weighted by Gasteiger charge is -2.25. The molecule has 1 heterocycles. The van der Waals surface area contributed by atoms with Crippen LogP contribution in [-0.4, -0.2) is 40.1 Å². The second-order valence-corrected chi connectivity index (χ2v) is 9.17. The Morgan fingerprint density at radius 2 is 1.90 bits per heavy atom. The highest BCUT2D eigenvalue weighted by Crippen LogP contribution is 2.33. The van der Waals surface area contributed by atoms with Gasteiger partial charge < -0.3 is 10.1 Å². The Hall–Kier alpha value is -2.59. The van der Waals surface area contributed by atoms with Crippen LogP contribution in [0.25, 0.3) is 0 Å². The topological polar surface area (TPSA) is 75.7 Å². The molecule has 0 saturated carbocycles. The average Bonchev–Trinajstić information content (AvgIpc) is 3.24. The van der Waals surface area contributed by atoms with Crippen molar-refractivity contribution in [2.75, 3.05) is 24.0 Å². The van der Waals surface area contributed by atoms with Gasteiger partial charge in [-0.15, -0.1) is 0 Å². The number of ether oxygens (including phenoxy) is 1. The second-order valence-electron chi connectivity index (χ2n) is 7.31. The van der Waals surface area contributed by atoms with E-state index in [0.29, 0.717) is 10.9 Å². The lowest BCUT2D eigenvalue weighted by atomic mass is 10.2. The standard InChI is InChI=1S/C21H23F3N2O4S/c1-15-7-9-19(10-8-15)31(28,29)26(14-20(27)25-13-18-6-3-11-30-18)17-5-2-4-16(12-17)21(22,23)24/h2,4-5,7-10,12,18H,3,6,11,13-14H2,1H3,(H,25,27). The van der Waals surface area contributed by atoms with Crippen molar-refractivity contribution in [3.63, 3.8) is 0 Å². The molecule has 1 unspecified atom stereocenters. The molecule has 1 aliphatic heterocycles. The fourth-order valence-electron chi connectivity index (χ4n) is 3.21. The van der Waals surface area contributed by atoms with Gasteiger partial charge >= 0.3 is 6.18 Å². The molecule has 2 aromatic rings. The maximum atomic E-state index is 13.2. The monoisotopic (exact) mass is 456 g/mol. The van der Waals surface area contributed by atoms with Crippen molar-refractivity contribution < 1.29 is 31.1 Å². The number of carbonyl (C=O) groups is 1. The van der Waals surface area contributed by atoms with Crippen LogP contribution in [0, 0.1) is 6.92 Å². The number of amides is 1. The second kappa shape index (κ2) is 9.27. The number of rotatable bonds is 7. The van der Waals surface area contributed by atoms with Crippen LogP contribution in [0.3, 0.4) is 0 Å². The summed E-state index contributed by atoms with van der Waals surface area (Å²) < 4.78 is 72.2. The maximum absolute atomic E-state index is 13.2. The molecule has 0 aliphatic carbocycles. The van der Waals surface area contributed by atoms with Crippen molar-refractivity contribution in [1.29, 1.82) is 0 Å². The highest BCUT2D eigenvalue weighted by molar-refractivity contribution is 7.92. The van der Waals surface area contributed by atoms with Crippen molar-refractivity contribution in [3.8, 4) is 0 Å².